The second-order valence-electron chi connectivity index (χ2n) is 8.82. The van der Waals surface area contributed by atoms with Gasteiger partial charge in [0.15, 0.2) is 0 Å². The summed E-state index contributed by atoms with van der Waals surface area (Å²) in [6.45, 7) is 6.46. The van der Waals surface area contributed by atoms with Crippen LogP contribution in [0.2, 0.25) is 0 Å². The number of carbonyl (C=O) groups excluding carboxylic acids is 2. The smallest absolute Gasteiger partial charge is 0.251 e. The quantitative estimate of drug-likeness (QED) is 0.190. The van der Waals surface area contributed by atoms with Crippen LogP contribution in [-0.2, 0) is 11.2 Å². The molecule has 8 heteroatoms. The number of carbonyl (C=O) groups is 2. The predicted octanol–water partition coefficient (Wildman–Crippen LogP) is 3.33. The molecule has 1 saturated carbocycles. The highest BCUT2D eigenvalue weighted by Gasteiger charge is 2.33. The highest BCUT2D eigenvalue weighted by molar-refractivity contribution is 5.96. The lowest BCUT2D eigenvalue weighted by molar-refractivity contribution is -0.121. The molecule has 2 aromatic carbocycles. The molecule has 8 nitrogen and oxygen atoms in total. The molecule has 0 bridgehead atoms. The lowest BCUT2D eigenvalue weighted by atomic mass is 10.0. The van der Waals surface area contributed by atoms with Crippen molar-refractivity contribution in [3.05, 3.63) is 72.1 Å². The first-order chi connectivity index (χ1) is 17.0. The van der Waals surface area contributed by atoms with Crippen molar-refractivity contribution < 1.29 is 14.3 Å². The fourth-order valence-electron chi connectivity index (χ4n) is 3.74. The number of aliphatic imine (C=N–C) groups is 1. The summed E-state index contributed by atoms with van der Waals surface area (Å²) in [6, 6.07) is 14.8. The zero-order chi connectivity index (χ0) is 25.0. The Morgan fingerprint density at radius 2 is 2.00 bits per heavy atom. The summed E-state index contributed by atoms with van der Waals surface area (Å²) >= 11 is 0. The van der Waals surface area contributed by atoms with Gasteiger partial charge < -0.3 is 26.0 Å². The molecule has 0 saturated heterocycles. The number of rotatable bonds is 14. The molecule has 0 aliphatic heterocycles. The molecular formula is C27H35N5O3. The maximum Gasteiger partial charge on any atom is 0.251 e. The van der Waals surface area contributed by atoms with Crippen molar-refractivity contribution in [1.29, 1.82) is 0 Å². The molecule has 1 fully saturated rings. The summed E-state index contributed by atoms with van der Waals surface area (Å²) in [5, 5.41) is 11.8. The number of nitrogens with one attached hydrogen (secondary N) is 4. The molecule has 4 N–H and O–H groups in total. The molecule has 3 atom stereocenters. The van der Waals surface area contributed by atoms with E-state index < -0.39 is 0 Å². The van der Waals surface area contributed by atoms with Crippen molar-refractivity contribution in [3.63, 3.8) is 0 Å². The number of anilines is 1. The van der Waals surface area contributed by atoms with Crippen LogP contribution in [0.3, 0.4) is 0 Å². The van der Waals surface area contributed by atoms with Gasteiger partial charge in [-0.15, -0.1) is 0 Å². The van der Waals surface area contributed by atoms with Gasteiger partial charge in [0.2, 0.25) is 5.91 Å². The Kier molecular flexibility index (Phi) is 9.71. The summed E-state index contributed by atoms with van der Waals surface area (Å²) in [6.07, 6.45) is 4.93. The zero-order valence-corrected chi connectivity index (χ0v) is 20.4. The van der Waals surface area contributed by atoms with E-state index in [1.54, 1.807) is 25.4 Å². The third-order valence-corrected chi connectivity index (χ3v) is 5.97. The maximum absolute atomic E-state index is 13.2. The molecular weight excluding hydrogens is 442 g/mol. The van der Waals surface area contributed by atoms with Crippen LogP contribution < -0.4 is 26.0 Å². The largest absolute Gasteiger partial charge is 0.493 e. The molecule has 0 aromatic heterocycles. The highest BCUT2D eigenvalue weighted by Crippen LogP contribution is 2.38. The Morgan fingerprint density at radius 3 is 2.69 bits per heavy atom. The van der Waals surface area contributed by atoms with E-state index in [2.05, 4.69) is 39.9 Å². The van der Waals surface area contributed by atoms with Crippen molar-refractivity contribution in [2.45, 2.75) is 32.2 Å². The lowest BCUT2D eigenvalue weighted by Gasteiger charge is -2.20. The Hall–Kier alpha value is -3.81. The molecule has 35 heavy (non-hydrogen) atoms. The van der Waals surface area contributed by atoms with E-state index in [1.807, 2.05) is 36.4 Å². The number of nitrogens with zero attached hydrogens (tertiary/aromatic N) is 1. The average molecular weight is 478 g/mol. The first kappa shape index (κ1) is 25.8. The second-order valence-corrected chi connectivity index (χ2v) is 8.82. The van der Waals surface area contributed by atoms with Crippen molar-refractivity contribution >= 4 is 24.2 Å². The van der Waals surface area contributed by atoms with Crippen molar-refractivity contribution in [1.82, 2.24) is 16.0 Å². The fraction of sp³-hybridized carbons (Fsp3) is 0.370. The molecule has 2 amide bonds. The summed E-state index contributed by atoms with van der Waals surface area (Å²) in [4.78, 5) is 29.3. The van der Waals surface area contributed by atoms with Gasteiger partial charge in [0, 0.05) is 49.2 Å². The van der Waals surface area contributed by atoms with Crippen LogP contribution in [0.1, 0.15) is 35.7 Å². The Labute approximate surface area is 207 Å². The van der Waals surface area contributed by atoms with E-state index in [1.165, 1.54) is 12.6 Å². The molecule has 3 rings (SSSR count). The van der Waals surface area contributed by atoms with E-state index in [0.29, 0.717) is 36.2 Å². The standard InChI is InChI=1S/C27H35N5O3/c1-19-11-22(19)17-35-25-14-21(13-23(15-25)29-3)27(34)32-24(12-20-7-5-4-6-8-20)16-26(33)31-18-30-10-9-28-2/h4-10,13-15,19,22,24,29-30H,2,11-12,16-18H2,1,3H3,(H,31,33)(H,32,34)/b10-9-/t19?,22?,24-/m0/s1. The van der Waals surface area contributed by atoms with E-state index in [9.17, 15) is 9.59 Å². The molecule has 1 aliphatic carbocycles. The minimum absolute atomic E-state index is 0.139. The van der Waals surface area contributed by atoms with Gasteiger partial charge in [-0.2, -0.15) is 0 Å². The molecule has 0 spiro atoms. The molecule has 2 unspecified atom stereocenters. The number of hydrogen-bond donors (Lipinski definition) is 4. The lowest BCUT2D eigenvalue weighted by Crippen LogP contribution is -2.41. The molecule has 0 radical (unpaired) electrons. The molecule has 186 valence electrons. The van der Waals surface area contributed by atoms with Crippen LogP contribution >= 0.6 is 0 Å². The number of ether oxygens (including phenoxy) is 1. The van der Waals surface area contributed by atoms with Gasteiger partial charge in [-0.25, -0.2) is 0 Å². The predicted molar refractivity (Wildman–Crippen MR) is 140 cm³/mol. The minimum Gasteiger partial charge on any atom is -0.493 e. The van der Waals surface area contributed by atoms with Crippen molar-refractivity contribution in [2.24, 2.45) is 16.8 Å². The summed E-state index contributed by atoms with van der Waals surface area (Å²) in [5.74, 6) is 1.51. The molecule has 1 aliphatic rings. The normalized spacial score (nSPS) is 17.3. The van der Waals surface area contributed by atoms with Crippen LogP contribution in [0.5, 0.6) is 5.75 Å². The van der Waals surface area contributed by atoms with Crippen LogP contribution in [0.25, 0.3) is 0 Å². The monoisotopic (exact) mass is 477 g/mol. The number of benzene rings is 2. The van der Waals surface area contributed by atoms with Crippen molar-refractivity contribution in [3.8, 4) is 5.75 Å². The Balaban J connectivity index is 1.66. The minimum atomic E-state index is -0.384. The summed E-state index contributed by atoms with van der Waals surface area (Å²) in [5.41, 5.74) is 2.31. The van der Waals surface area contributed by atoms with E-state index in [0.717, 1.165) is 11.3 Å². The molecule has 0 heterocycles. The Bertz CT molecular complexity index is 1020. The first-order valence-corrected chi connectivity index (χ1v) is 11.9. The van der Waals surface area contributed by atoms with Gasteiger partial charge >= 0.3 is 0 Å². The van der Waals surface area contributed by atoms with Crippen LogP contribution in [0.15, 0.2) is 65.9 Å². The van der Waals surface area contributed by atoms with E-state index >= 15 is 0 Å². The van der Waals surface area contributed by atoms with E-state index in [4.69, 9.17) is 4.74 Å². The van der Waals surface area contributed by atoms with Gasteiger partial charge in [0.05, 0.1) is 13.3 Å². The molecule has 2 aromatic rings. The van der Waals surface area contributed by atoms with Gasteiger partial charge in [0.25, 0.3) is 5.91 Å². The maximum atomic E-state index is 13.2. The van der Waals surface area contributed by atoms with E-state index in [-0.39, 0.29) is 30.9 Å². The average Bonchev–Trinajstić information content (AvgIpc) is 3.57. The third-order valence-electron chi connectivity index (χ3n) is 5.97. The second kappa shape index (κ2) is 13.2. The highest BCUT2D eigenvalue weighted by atomic mass is 16.5. The van der Waals surface area contributed by atoms with Gasteiger partial charge in [0.1, 0.15) is 5.75 Å². The van der Waals surface area contributed by atoms with Crippen LogP contribution in [-0.4, -0.2) is 44.9 Å². The summed E-state index contributed by atoms with van der Waals surface area (Å²) in [7, 11) is 1.81. The van der Waals surface area contributed by atoms with Gasteiger partial charge in [-0.1, -0.05) is 37.3 Å². The van der Waals surface area contributed by atoms with Crippen LogP contribution in [0.4, 0.5) is 5.69 Å². The topological polar surface area (TPSA) is 104 Å². The first-order valence-electron chi connectivity index (χ1n) is 11.9. The summed E-state index contributed by atoms with van der Waals surface area (Å²) < 4.78 is 5.96. The number of hydrogen-bond acceptors (Lipinski definition) is 6. The zero-order valence-electron chi connectivity index (χ0n) is 20.4. The van der Waals surface area contributed by atoms with Gasteiger partial charge in [-0.3, -0.25) is 14.6 Å². The SMILES string of the molecule is C=N/C=C\NCNC(=O)C[C@H](Cc1ccccc1)NC(=O)c1cc(NC)cc(OCC2CC2C)c1. The number of amides is 2. The Morgan fingerprint density at radius 1 is 1.23 bits per heavy atom. The third kappa shape index (κ3) is 8.81. The van der Waals surface area contributed by atoms with Crippen LogP contribution in [0, 0.1) is 11.8 Å². The van der Waals surface area contributed by atoms with Crippen molar-refractivity contribution in [2.75, 3.05) is 25.6 Å². The van der Waals surface area contributed by atoms with Gasteiger partial charge in [-0.05, 0) is 49.1 Å². The fourth-order valence-corrected chi connectivity index (χ4v) is 3.74.